The lowest BCUT2D eigenvalue weighted by atomic mass is 10.3. The number of non-ortho nitro benzene ring substituents is 1. The normalized spacial score (nSPS) is 10.9. The third-order valence-electron chi connectivity index (χ3n) is 2.71. The zero-order valence-electron chi connectivity index (χ0n) is 11.6. The molecule has 0 aliphatic carbocycles. The molecular weight excluding hydrogens is 367 g/mol. The van der Waals surface area contributed by atoms with Gasteiger partial charge in [-0.15, -0.1) is 3.89 Å². The Hall–Kier alpha value is -2.72. The molecule has 0 aromatic heterocycles. The minimum absolute atomic E-state index is 0.00323. The van der Waals surface area contributed by atoms with Crippen LogP contribution in [-0.2, 0) is 10.2 Å². The standard InChI is InChI=1S/C13H8ClFN2O6S/c14-11-6-5-10(24(15,21)22)7-12(11)16-13(18)23-9-3-1-8(2-4-9)17(19)20/h1-7H,(H,16,18). The molecule has 11 heteroatoms. The molecule has 0 bridgehead atoms. The molecular formula is C13H8ClFN2O6S. The van der Waals surface area contributed by atoms with Gasteiger partial charge in [0, 0.05) is 12.1 Å². The number of hydrogen-bond donors (Lipinski definition) is 1. The third-order valence-corrected chi connectivity index (χ3v) is 3.86. The number of benzene rings is 2. The number of hydrogen-bond acceptors (Lipinski definition) is 6. The van der Waals surface area contributed by atoms with Crippen LogP contribution in [0.3, 0.4) is 0 Å². The minimum Gasteiger partial charge on any atom is -0.410 e. The smallest absolute Gasteiger partial charge is 0.410 e. The first-order chi connectivity index (χ1) is 11.2. The molecule has 8 nitrogen and oxygen atoms in total. The highest BCUT2D eigenvalue weighted by molar-refractivity contribution is 7.86. The van der Waals surface area contributed by atoms with Gasteiger partial charge < -0.3 is 4.74 Å². The minimum atomic E-state index is -4.96. The SMILES string of the molecule is O=C(Nc1cc(S(=O)(=O)F)ccc1Cl)Oc1ccc([N+](=O)[O-])cc1. The van der Waals surface area contributed by atoms with Crippen LogP contribution >= 0.6 is 11.6 Å². The van der Waals surface area contributed by atoms with Gasteiger partial charge in [-0.2, -0.15) is 8.42 Å². The summed E-state index contributed by atoms with van der Waals surface area (Å²) >= 11 is 5.79. The first-order valence-electron chi connectivity index (χ1n) is 6.14. The lowest BCUT2D eigenvalue weighted by Gasteiger charge is -2.09. The topological polar surface area (TPSA) is 116 Å². The summed E-state index contributed by atoms with van der Waals surface area (Å²) in [5, 5.41) is 12.6. The molecule has 0 spiro atoms. The lowest BCUT2D eigenvalue weighted by Crippen LogP contribution is -2.17. The summed E-state index contributed by atoms with van der Waals surface area (Å²) in [7, 11) is -4.96. The first-order valence-corrected chi connectivity index (χ1v) is 7.90. The highest BCUT2D eigenvalue weighted by atomic mass is 35.5. The van der Waals surface area contributed by atoms with Gasteiger partial charge in [0.1, 0.15) is 10.6 Å². The van der Waals surface area contributed by atoms with Crippen molar-refractivity contribution in [3.63, 3.8) is 0 Å². The van der Waals surface area contributed by atoms with Crippen molar-refractivity contribution in [1.82, 2.24) is 0 Å². The van der Waals surface area contributed by atoms with Crippen LogP contribution in [0.2, 0.25) is 5.02 Å². The van der Waals surface area contributed by atoms with E-state index in [2.05, 4.69) is 5.32 Å². The number of nitro benzene ring substituents is 1. The number of carbonyl (C=O) groups excluding carboxylic acids is 1. The molecule has 0 saturated carbocycles. The van der Waals surface area contributed by atoms with E-state index in [-0.39, 0.29) is 22.1 Å². The fraction of sp³-hybridized carbons (Fsp3) is 0. The summed E-state index contributed by atoms with van der Waals surface area (Å²) in [5.74, 6) is 0.00323. The second-order valence-electron chi connectivity index (χ2n) is 4.35. The van der Waals surface area contributed by atoms with E-state index in [4.69, 9.17) is 16.3 Å². The molecule has 0 radical (unpaired) electrons. The highest BCUT2D eigenvalue weighted by Gasteiger charge is 2.16. The van der Waals surface area contributed by atoms with Crippen molar-refractivity contribution in [1.29, 1.82) is 0 Å². The van der Waals surface area contributed by atoms with E-state index in [1.165, 1.54) is 12.1 Å². The van der Waals surface area contributed by atoms with E-state index in [0.29, 0.717) is 0 Å². The summed E-state index contributed by atoms with van der Waals surface area (Å²) < 4.78 is 39.5. The lowest BCUT2D eigenvalue weighted by molar-refractivity contribution is -0.384. The van der Waals surface area contributed by atoms with Crippen molar-refractivity contribution in [2.24, 2.45) is 0 Å². The largest absolute Gasteiger partial charge is 0.417 e. The molecule has 0 fully saturated rings. The Bertz CT molecular complexity index is 901. The monoisotopic (exact) mass is 374 g/mol. The predicted octanol–water partition coefficient (Wildman–Crippen LogP) is 3.52. The maximum absolute atomic E-state index is 13.0. The van der Waals surface area contributed by atoms with E-state index in [9.17, 15) is 27.2 Å². The summed E-state index contributed by atoms with van der Waals surface area (Å²) in [6.45, 7) is 0. The number of rotatable bonds is 4. The van der Waals surface area contributed by atoms with Crippen LogP contribution in [0.4, 0.5) is 20.1 Å². The molecule has 0 saturated heterocycles. The Morgan fingerprint density at radius 3 is 2.38 bits per heavy atom. The zero-order valence-corrected chi connectivity index (χ0v) is 13.2. The second kappa shape index (κ2) is 6.81. The molecule has 2 rings (SSSR count). The quantitative estimate of drug-likeness (QED) is 0.497. The summed E-state index contributed by atoms with van der Waals surface area (Å²) in [4.78, 5) is 21.0. The molecule has 1 N–H and O–H groups in total. The number of nitro groups is 1. The Morgan fingerprint density at radius 1 is 1.21 bits per heavy atom. The molecule has 0 atom stereocenters. The summed E-state index contributed by atoms with van der Waals surface area (Å²) in [6.07, 6.45) is -1.04. The number of anilines is 1. The van der Waals surface area contributed by atoms with E-state index < -0.39 is 26.1 Å². The molecule has 24 heavy (non-hydrogen) atoms. The van der Waals surface area contributed by atoms with Crippen molar-refractivity contribution in [2.75, 3.05) is 5.32 Å². The van der Waals surface area contributed by atoms with Crippen LogP contribution in [0.5, 0.6) is 5.75 Å². The average molecular weight is 375 g/mol. The van der Waals surface area contributed by atoms with Crippen LogP contribution in [0.25, 0.3) is 0 Å². The highest BCUT2D eigenvalue weighted by Crippen LogP contribution is 2.26. The maximum Gasteiger partial charge on any atom is 0.417 e. The van der Waals surface area contributed by atoms with Gasteiger partial charge in [-0.05, 0) is 30.3 Å². The Kier molecular flexibility index (Phi) is 5.00. The fourth-order valence-corrected chi connectivity index (χ4v) is 2.28. The van der Waals surface area contributed by atoms with Crippen LogP contribution in [-0.4, -0.2) is 19.4 Å². The maximum atomic E-state index is 13.0. The molecule has 2 aromatic rings. The van der Waals surface area contributed by atoms with Gasteiger partial charge in [0.15, 0.2) is 0 Å². The van der Waals surface area contributed by atoms with Crippen LogP contribution in [0, 0.1) is 10.1 Å². The van der Waals surface area contributed by atoms with Crippen molar-refractivity contribution in [3.8, 4) is 5.75 Å². The van der Waals surface area contributed by atoms with Crippen molar-refractivity contribution < 1.29 is 26.8 Å². The van der Waals surface area contributed by atoms with Crippen LogP contribution in [0.1, 0.15) is 0 Å². The third kappa shape index (κ3) is 4.40. The Labute approximate surface area is 140 Å². The van der Waals surface area contributed by atoms with Gasteiger partial charge in [0.05, 0.1) is 15.6 Å². The number of nitrogens with one attached hydrogen (secondary N) is 1. The Balaban J connectivity index is 2.13. The van der Waals surface area contributed by atoms with E-state index in [0.717, 1.165) is 30.3 Å². The van der Waals surface area contributed by atoms with Crippen molar-refractivity contribution >= 4 is 39.3 Å². The van der Waals surface area contributed by atoms with Gasteiger partial charge in [0.2, 0.25) is 0 Å². The number of carbonyl (C=O) groups is 1. The van der Waals surface area contributed by atoms with E-state index >= 15 is 0 Å². The van der Waals surface area contributed by atoms with Crippen LogP contribution < -0.4 is 10.1 Å². The van der Waals surface area contributed by atoms with Gasteiger partial charge in [-0.3, -0.25) is 15.4 Å². The summed E-state index contributed by atoms with van der Waals surface area (Å²) in [6, 6.07) is 7.51. The number of amides is 1. The predicted molar refractivity (Wildman–Crippen MR) is 82.5 cm³/mol. The second-order valence-corrected chi connectivity index (χ2v) is 6.10. The van der Waals surface area contributed by atoms with Gasteiger partial charge >= 0.3 is 16.3 Å². The van der Waals surface area contributed by atoms with E-state index in [1.54, 1.807) is 0 Å². The molecule has 1 amide bonds. The zero-order chi connectivity index (χ0) is 17.9. The van der Waals surface area contributed by atoms with Gasteiger partial charge in [-0.25, -0.2) is 4.79 Å². The molecule has 0 heterocycles. The number of nitrogens with zero attached hydrogens (tertiary/aromatic N) is 1. The van der Waals surface area contributed by atoms with Gasteiger partial charge in [0.25, 0.3) is 5.69 Å². The molecule has 0 aliphatic rings. The number of halogens is 2. The van der Waals surface area contributed by atoms with Crippen molar-refractivity contribution in [3.05, 3.63) is 57.6 Å². The van der Waals surface area contributed by atoms with E-state index in [1.807, 2.05) is 0 Å². The molecule has 126 valence electrons. The molecule has 0 unspecified atom stereocenters. The number of ether oxygens (including phenoxy) is 1. The van der Waals surface area contributed by atoms with Gasteiger partial charge in [-0.1, -0.05) is 11.6 Å². The fourth-order valence-electron chi connectivity index (χ4n) is 1.63. The molecule has 2 aromatic carbocycles. The summed E-state index contributed by atoms with van der Waals surface area (Å²) in [5.41, 5.74) is -0.367. The van der Waals surface area contributed by atoms with Crippen molar-refractivity contribution in [2.45, 2.75) is 4.90 Å². The average Bonchev–Trinajstić information content (AvgIpc) is 2.48. The first kappa shape index (κ1) is 17.6. The Morgan fingerprint density at radius 2 is 1.83 bits per heavy atom. The van der Waals surface area contributed by atoms with Crippen LogP contribution in [0.15, 0.2) is 47.4 Å². The molecule has 0 aliphatic heterocycles.